The number of hydrogen-bond acceptors (Lipinski definition) is 2. The lowest BCUT2D eigenvalue weighted by Crippen LogP contribution is -2.20. The van der Waals surface area contributed by atoms with Gasteiger partial charge in [0.15, 0.2) is 0 Å². The number of nitrogens with zero attached hydrogens (tertiary/aromatic N) is 1. The highest BCUT2D eigenvalue weighted by atomic mass is 35.5. The van der Waals surface area contributed by atoms with Crippen LogP contribution in [0.4, 0.5) is 16.3 Å². The van der Waals surface area contributed by atoms with Crippen LogP contribution in [0, 0.1) is 0 Å². The van der Waals surface area contributed by atoms with E-state index >= 15 is 0 Å². The number of urea groups is 1. The zero-order valence-corrected chi connectivity index (χ0v) is 11.8. The summed E-state index contributed by atoms with van der Waals surface area (Å²) >= 11 is 5.88. The van der Waals surface area contributed by atoms with Crippen LogP contribution >= 0.6 is 11.6 Å². The number of benzene rings is 2. The van der Waals surface area contributed by atoms with Crippen molar-refractivity contribution in [3.8, 4) is 0 Å². The Hall–Kier alpha value is -2.59. The fourth-order valence-corrected chi connectivity index (χ4v) is 2.25. The van der Waals surface area contributed by atoms with Crippen molar-refractivity contribution in [3.05, 3.63) is 65.8 Å². The van der Waals surface area contributed by atoms with Crippen molar-refractivity contribution in [2.24, 2.45) is 0 Å². The largest absolute Gasteiger partial charge is 0.324 e. The van der Waals surface area contributed by atoms with Gasteiger partial charge in [0.25, 0.3) is 0 Å². The number of carbonyl (C=O) groups excluding carboxylic acids is 1. The third-order valence-electron chi connectivity index (χ3n) is 2.99. The molecule has 21 heavy (non-hydrogen) atoms. The second kappa shape index (κ2) is 5.81. The van der Waals surface area contributed by atoms with Gasteiger partial charge in [-0.15, -0.1) is 0 Å². The maximum absolute atomic E-state index is 12.0. The first kappa shape index (κ1) is 13.4. The number of carbonyl (C=O) groups is 1. The van der Waals surface area contributed by atoms with Gasteiger partial charge in [-0.2, -0.15) is 0 Å². The fourth-order valence-electron chi connectivity index (χ4n) is 2.06. The summed E-state index contributed by atoms with van der Waals surface area (Å²) in [5.74, 6) is 0.521. The van der Waals surface area contributed by atoms with Gasteiger partial charge in [0.2, 0.25) is 0 Å². The number of rotatable bonds is 2. The molecule has 0 unspecified atom stereocenters. The highest BCUT2D eigenvalue weighted by Gasteiger charge is 2.07. The van der Waals surface area contributed by atoms with Crippen molar-refractivity contribution in [2.75, 3.05) is 10.6 Å². The molecular formula is C16H12ClN3O. The average Bonchev–Trinajstić information content (AvgIpc) is 2.47. The van der Waals surface area contributed by atoms with E-state index in [0.717, 1.165) is 10.8 Å². The van der Waals surface area contributed by atoms with Crippen molar-refractivity contribution in [1.29, 1.82) is 0 Å². The molecule has 4 nitrogen and oxygen atoms in total. The molecule has 104 valence electrons. The van der Waals surface area contributed by atoms with Gasteiger partial charge in [0.05, 0.1) is 0 Å². The number of nitrogens with one attached hydrogen (secondary N) is 2. The van der Waals surface area contributed by atoms with Gasteiger partial charge in [-0.3, -0.25) is 5.32 Å². The molecule has 0 saturated carbocycles. The quantitative estimate of drug-likeness (QED) is 0.730. The Morgan fingerprint density at radius 1 is 1.00 bits per heavy atom. The zero-order chi connectivity index (χ0) is 14.7. The minimum atomic E-state index is -0.360. The number of pyridine rings is 1. The van der Waals surface area contributed by atoms with Gasteiger partial charge in [-0.05, 0) is 29.7 Å². The Bertz CT molecular complexity index is 799. The molecule has 0 bridgehead atoms. The molecule has 0 atom stereocenters. The van der Waals surface area contributed by atoms with Gasteiger partial charge < -0.3 is 5.32 Å². The number of fused-ring (bicyclic) bond motifs is 1. The molecule has 0 aliphatic rings. The molecule has 2 N–H and O–H groups in total. The fraction of sp³-hybridized carbons (Fsp3) is 0. The molecule has 2 aromatic carbocycles. The summed E-state index contributed by atoms with van der Waals surface area (Å²) in [7, 11) is 0. The summed E-state index contributed by atoms with van der Waals surface area (Å²) in [5, 5.41) is 7.94. The van der Waals surface area contributed by atoms with Gasteiger partial charge in [0, 0.05) is 22.3 Å². The molecule has 1 heterocycles. The lowest BCUT2D eigenvalue weighted by Gasteiger charge is -2.09. The summed E-state index contributed by atoms with van der Waals surface area (Å²) in [5.41, 5.74) is 0.625. The number of halogens is 1. The lowest BCUT2D eigenvalue weighted by atomic mass is 10.1. The summed E-state index contributed by atoms with van der Waals surface area (Å²) in [6.07, 6.45) is 1.66. The molecule has 3 aromatic rings. The van der Waals surface area contributed by atoms with Crippen LogP contribution in [0.25, 0.3) is 10.8 Å². The van der Waals surface area contributed by atoms with E-state index in [9.17, 15) is 4.79 Å². The van der Waals surface area contributed by atoms with E-state index in [1.54, 1.807) is 30.5 Å². The lowest BCUT2D eigenvalue weighted by molar-refractivity contribution is 0.262. The average molecular weight is 298 g/mol. The highest BCUT2D eigenvalue weighted by molar-refractivity contribution is 6.30. The molecule has 0 aliphatic carbocycles. The van der Waals surface area contributed by atoms with Gasteiger partial charge >= 0.3 is 6.03 Å². The van der Waals surface area contributed by atoms with E-state index in [0.29, 0.717) is 16.5 Å². The number of anilines is 2. The molecule has 2 amide bonds. The van der Waals surface area contributed by atoms with Gasteiger partial charge in [-0.25, -0.2) is 9.78 Å². The van der Waals surface area contributed by atoms with E-state index in [1.807, 2.05) is 30.3 Å². The second-order valence-electron chi connectivity index (χ2n) is 4.47. The first-order valence-electron chi connectivity index (χ1n) is 6.40. The summed E-state index contributed by atoms with van der Waals surface area (Å²) < 4.78 is 0. The van der Waals surface area contributed by atoms with Crippen molar-refractivity contribution >= 4 is 39.9 Å². The second-order valence-corrected chi connectivity index (χ2v) is 4.91. The first-order chi connectivity index (χ1) is 10.2. The maximum Gasteiger partial charge on any atom is 0.324 e. The molecule has 0 spiro atoms. The third kappa shape index (κ3) is 3.12. The van der Waals surface area contributed by atoms with Crippen LogP contribution < -0.4 is 10.6 Å². The molecule has 0 radical (unpaired) electrons. The van der Waals surface area contributed by atoms with Crippen LogP contribution in [0.1, 0.15) is 0 Å². The third-order valence-corrected chi connectivity index (χ3v) is 3.22. The Balaban J connectivity index is 1.80. The standard InChI is InChI=1S/C16H12ClN3O/c17-12-5-3-6-13(10-12)19-16(21)20-15-14-7-2-1-4-11(14)8-9-18-15/h1-10H,(H2,18,19,20,21). The molecule has 0 fully saturated rings. The number of aromatic nitrogens is 1. The van der Waals surface area contributed by atoms with Crippen LogP contribution in [0.2, 0.25) is 5.02 Å². The Morgan fingerprint density at radius 3 is 2.71 bits per heavy atom. The van der Waals surface area contributed by atoms with E-state index in [-0.39, 0.29) is 6.03 Å². The van der Waals surface area contributed by atoms with Crippen molar-refractivity contribution in [3.63, 3.8) is 0 Å². The Morgan fingerprint density at radius 2 is 1.86 bits per heavy atom. The number of amides is 2. The topological polar surface area (TPSA) is 54.0 Å². The molecular weight excluding hydrogens is 286 g/mol. The molecule has 5 heteroatoms. The van der Waals surface area contributed by atoms with Crippen molar-refractivity contribution in [2.45, 2.75) is 0 Å². The zero-order valence-electron chi connectivity index (χ0n) is 11.0. The highest BCUT2D eigenvalue weighted by Crippen LogP contribution is 2.21. The van der Waals surface area contributed by atoms with E-state index in [4.69, 9.17) is 11.6 Å². The van der Waals surface area contributed by atoms with Crippen LogP contribution in [0.15, 0.2) is 60.8 Å². The van der Waals surface area contributed by atoms with Crippen molar-refractivity contribution < 1.29 is 4.79 Å². The molecule has 3 rings (SSSR count). The van der Waals surface area contributed by atoms with Crippen LogP contribution in [-0.2, 0) is 0 Å². The molecule has 0 aliphatic heterocycles. The summed E-state index contributed by atoms with van der Waals surface area (Å²) in [6.45, 7) is 0. The predicted molar refractivity (Wildman–Crippen MR) is 85.8 cm³/mol. The monoisotopic (exact) mass is 297 g/mol. The first-order valence-corrected chi connectivity index (χ1v) is 6.77. The smallest absolute Gasteiger partial charge is 0.308 e. The van der Waals surface area contributed by atoms with E-state index in [2.05, 4.69) is 15.6 Å². The summed E-state index contributed by atoms with van der Waals surface area (Å²) in [6, 6.07) is 16.2. The number of hydrogen-bond donors (Lipinski definition) is 2. The minimum Gasteiger partial charge on any atom is -0.308 e. The van der Waals surface area contributed by atoms with Crippen LogP contribution in [0.5, 0.6) is 0 Å². The SMILES string of the molecule is O=C(Nc1cccc(Cl)c1)Nc1nccc2ccccc12. The van der Waals surface area contributed by atoms with Crippen LogP contribution in [-0.4, -0.2) is 11.0 Å². The molecule has 0 saturated heterocycles. The van der Waals surface area contributed by atoms with Gasteiger partial charge in [-0.1, -0.05) is 41.9 Å². The maximum atomic E-state index is 12.0. The Kier molecular flexibility index (Phi) is 3.71. The van der Waals surface area contributed by atoms with E-state index in [1.165, 1.54) is 0 Å². The minimum absolute atomic E-state index is 0.360. The summed E-state index contributed by atoms with van der Waals surface area (Å²) in [4.78, 5) is 16.2. The predicted octanol–water partition coefficient (Wildman–Crippen LogP) is 4.53. The van der Waals surface area contributed by atoms with Crippen LogP contribution in [0.3, 0.4) is 0 Å². The van der Waals surface area contributed by atoms with Gasteiger partial charge in [0.1, 0.15) is 5.82 Å². The normalized spacial score (nSPS) is 10.3. The van der Waals surface area contributed by atoms with E-state index < -0.39 is 0 Å². The molecule has 1 aromatic heterocycles. The van der Waals surface area contributed by atoms with Crippen molar-refractivity contribution in [1.82, 2.24) is 4.98 Å². The Labute approximate surface area is 126 Å².